The third-order valence-electron chi connectivity index (χ3n) is 2.17. The number of nitrogens with zero attached hydrogens (tertiary/aromatic N) is 2. The molecule has 0 aliphatic rings. The van der Waals surface area contributed by atoms with Crippen LogP contribution in [0.25, 0.3) is 0 Å². The van der Waals surface area contributed by atoms with E-state index >= 15 is 0 Å². The van der Waals surface area contributed by atoms with Crippen LogP contribution in [0.1, 0.15) is 40.4 Å². The normalized spacial score (nSPS) is 11.7. The Labute approximate surface area is 114 Å². The van der Waals surface area contributed by atoms with Crippen LogP contribution in [0.5, 0.6) is 0 Å². The molecule has 0 aliphatic carbocycles. The molecule has 1 aromatic rings. The molecule has 0 saturated carbocycles. The van der Waals surface area contributed by atoms with Gasteiger partial charge in [0.2, 0.25) is 5.91 Å². The number of carbonyl (C=O) groups excluding carboxylic acids is 1. The first-order valence-corrected chi connectivity index (χ1v) is 5.53. The van der Waals surface area contributed by atoms with Crippen LogP contribution >= 0.6 is 12.4 Å². The topological polar surface area (TPSA) is 80.9 Å². The molecule has 1 aromatic heterocycles. The first-order chi connectivity index (χ1) is 7.60. The second-order valence-electron chi connectivity index (χ2n) is 5.72. The minimum atomic E-state index is -0.914. The molecule has 102 valence electrons. The number of nitrogens with two attached hydrogens (primary N) is 1. The highest BCUT2D eigenvalue weighted by Crippen LogP contribution is 2.18. The zero-order chi connectivity index (χ0) is 13.3. The summed E-state index contributed by atoms with van der Waals surface area (Å²) in [6.07, 6.45) is 3.19. The maximum Gasteiger partial charge on any atom is 0.243 e. The zero-order valence-corrected chi connectivity index (χ0v) is 12.3. The second kappa shape index (κ2) is 5.63. The van der Waals surface area contributed by atoms with Crippen molar-refractivity contribution in [2.24, 2.45) is 5.73 Å². The predicted octanol–water partition coefficient (Wildman–Crippen LogP) is 1.87. The van der Waals surface area contributed by atoms with Gasteiger partial charge in [0.1, 0.15) is 5.82 Å². The fourth-order valence-electron chi connectivity index (χ4n) is 1.07. The van der Waals surface area contributed by atoms with E-state index in [9.17, 15) is 4.79 Å². The molecule has 18 heavy (non-hydrogen) atoms. The quantitative estimate of drug-likeness (QED) is 0.861. The molecule has 0 bridgehead atoms. The summed E-state index contributed by atoms with van der Waals surface area (Å²) in [5.74, 6) is 0.479. The summed E-state index contributed by atoms with van der Waals surface area (Å²) < 4.78 is 0. The Kier molecular flexibility index (Phi) is 5.25. The minimum Gasteiger partial charge on any atom is -0.322 e. The van der Waals surface area contributed by atoms with E-state index in [4.69, 9.17) is 5.73 Å². The van der Waals surface area contributed by atoms with E-state index in [1.54, 1.807) is 26.2 Å². The Morgan fingerprint density at radius 1 is 1.17 bits per heavy atom. The molecule has 6 heteroatoms. The summed E-state index contributed by atoms with van der Waals surface area (Å²) in [5, 5.41) is 2.67. The van der Waals surface area contributed by atoms with Crippen molar-refractivity contribution in [3.63, 3.8) is 0 Å². The van der Waals surface area contributed by atoms with Gasteiger partial charge in [0, 0.05) is 5.41 Å². The molecule has 0 saturated heterocycles. The lowest BCUT2D eigenvalue weighted by Crippen LogP contribution is -2.45. The SMILES string of the molecule is CC(C)(N)C(=O)Nc1cnc(C(C)(C)C)nc1.Cl. The highest BCUT2D eigenvalue weighted by molar-refractivity contribution is 5.97. The summed E-state index contributed by atoms with van der Waals surface area (Å²) in [7, 11) is 0. The molecule has 1 rings (SSSR count). The Morgan fingerprint density at radius 2 is 1.61 bits per heavy atom. The summed E-state index contributed by atoms with van der Waals surface area (Å²) in [5.41, 5.74) is 5.21. The Balaban J connectivity index is 0.00000289. The number of nitrogens with one attached hydrogen (secondary N) is 1. The average molecular weight is 273 g/mol. The molecule has 5 nitrogen and oxygen atoms in total. The second-order valence-corrected chi connectivity index (χ2v) is 5.72. The van der Waals surface area contributed by atoms with Crippen molar-refractivity contribution in [2.45, 2.75) is 45.6 Å². The number of halogens is 1. The van der Waals surface area contributed by atoms with Crippen LogP contribution in [0, 0.1) is 0 Å². The van der Waals surface area contributed by atoms with Gasteiger partial charge in [0.05, 0.1) is 23.6 Å². The maximum atomic E-state index is 11.6. The van der Waals surface area contributed by atoms with Crippen LogP contribution in [0.15, 0.2) is 12.4 Å². The summed E-state index contributed by atoms with van der Waals surface area (Å²) in [6, 6.07) is 0. The predicted molar refractivity (Wildman–Crippen MR) is 74.9 cm³/mol. The Morgan fingerprint density at radius 3 is 1.94 bits per heavy atom. The van der Waals surface area contributed by atoms with Gasteiger partial charge < -0.3 is 11.1 Å². The van der Waals surface area contributed by atoms with Crippen molar-refractivity contribution in [1.82, 2.24) is 9.97 Å². The Hall–Kier alpha value is -1.20. The summed E-state index contributed by atoms with van der Waals surface area (Å²) in [6.45, 7) is 9.39. The molecular formula is C12H21ClN4O. The lowest BCUT2D eigenvalue weighted by molar-refractivity contribution is -0.120. The number of anilines is 1. The van der Waals surface area contributed by atoms with Crippen LogP contribution in [-0.4, -0.2) is 21.4 Å². The molecule has 0 aromatic carbocycles. The molecule has 1 heterocycles. The first kappa shape index (κ1) is 16.8. The van der Waals surface area contributed by atoms with Gasteiger partial charge in [-0.3, -0.25) is 4.79 Å². The number of rotatable bonds is 2. The maximum absolute atomic E-state index is 11.6. The van der Waals surface area contributed by atoms with E-state index < -0.39 is 5.54 Å². The summed E-state index contributed by atoms with van der Waals surface area (Å²) in [4.78, 5) is 20.1. The van der Waals surface area contributed by atoms with Gasteiger partial charge in [-0.25, -0.2) is 9.97 Å². The monoisotopic (exact) mass is 272 g/mol. The van der Waals surface area contributed by atoms with Crippen molar-refractivity contribution < 1.29 is 4.79 Å². The third-order valence-corrected chi connectivity index (χ3v) is 2.17. The van der Waals surface area contributed by atoms with Crippen molar-refractivity contribution in [1.29, 1.82) is 0 Å². The largest absolute Gasteiger partial charge is 0.322 e. The van der Waals surface area contributed by atoms with Crippen LogP contribution in [0.4, 0.5) is 5.69 Å². The van der Waals surface area contributed by atoms with Crippen LogP contribution in [0.3, 0.4) is 0 Å². The van der Waals surface area contributed by atoms with E-state index in [2.05, 4.69) is 15.3 Å². The average Bonchev–Trinajstić information content (AvgIpc) is 2.15. The van der Waals surface area contributed by atoms with Crippen LogP contribution in [-0.2, 0) is 10.2 Å². The molecule has 0 fully saturated rings. The van der Waals surface area contributed by atoms with E-state index in [0.717, 1.165) is 5.82 Å². The van der Waals surface area contributed by atoms with Gasteiger partial charge >= 0.3 is 0 Å². The standard InChI is InChI=1S/C12H20N4O.ClH/c1-11(2,3)9-14-6-8(7-15-9)16-10(17)12(4,5)13;/h6-7H,13H2,1-5H3,(H,16,17);1H. The highest BCUT2D eigenvalue weighted by atomic mass is 35.5. The van der Waals surface area contributed by atoms with Gasteiger partial charge in [-0.1, -0.05) is 20.8 Å². The fraction of sp³-hybridized carbons (Fsp3) is 0.583. The molecule has 0 atom stereocenters. The molecule has 1 amide bonds. The zero-order valence-electron chi connectivity index (χ0n) is 11.4. The number of amides is 1. The number of hydrogen-bond donors (Lipinski definition) is 2. The molecule has 0 spiro atoms. The van der Waals surface area contributed by atoms with Crippen LogP contribution < -0.4 is 11.1 Å². The van der Waals surface area contributed by atoms with Crippen LogP contribution in [0.2, 0.25) is 0 Å². The van der Waals surface area contributed by atoms with Gasteiger partial charge in [-0.2, -0.15) is 0 Å². The van der Waals surface area contributed by atoms with Gasteiger partial charge in [0.25, 0.3) is 0 Å². The number of hydrogen-bond acceptors (Lipinski definition) is 4. The minimum absolute atomic E-state index is 0. The lowest BCUT2D eigenvalue weighted by Gasteiger charge is -2.19. The van der Waals surface area contributed by atoms with Gasteiger partial charge in [-0.15, -0.1) is 12.4 Å². The van der Waals surface area contributed by atoms with Crippen molar-refractivity contribution in [3.05, 3.63) is 18.2 Å². The van der Waals surface area contributed by atoms with Gasteiger partial charge in [0.15, 0.2) is 0 Å². The molecule has 0 unspecified atom stereocenters. The van der Waals surface area contributed by atoms with E-state index in [0.29, 0.717) is 5.69 Å². The Bertz CT molecular complexity index is 404. The molecular weight excluding hydrogens is 252 g/mol. The first-order valence-electron chi connectivity index (χ1n) is 5.53. The smallest absolute Gasteiger partial charge is 0.243 e. The number of carbonyl (C=O) groups is 1. The van der Waals surface area contributed by atoms with E-state index in [1.165, 1.54) is 0 Å². The van der Waals surface area contributed by atoms with Crippen molar-refractivity contribution >= 4 is 24.0 Å². The fourth-order valence-corrected chi connectivity index (χ4v) is 1.07. The molecule has 0 radical (unpaired) electrons. The molecule has 3 N–H and O–H groups in total. The van der Waals surface area contributed by atoms with Gasteiger partial charge in [-0.05, 0) is 13.8 Å². The van der Waals surface area contributed by atoms with E-state index in [1.807, 2.05) is 20.8 Å². The van der Waals surface area contributed by atoms with Crippen molar-refractivity contribution in [3.8, 4) is 0 Å². The van der Waals surface area contributed by atoms with E-state index in [-0.39, 0.29) is 23.7 Å². The third kappa shape index (κ3) is 4.58. The highest BCUT2D eigenvalue weighted by Gasteiger charge is 2.22. The lowest BCUT2D eigenvalue weighted by atomic mass is 9.96. The number of aromatic nitrogens is 2. The molecule has 0 aliphatic heterocycles. The van der Waals surface area contributed by atoms with Crippen molar-refractivity contribution in [2.75, 3.05) is 5.32 Å². The summed E-state index contributed by atoms with van der Waals surface area (Å²) >= 11 is 0.